The van der Waals surface area contributed by atoms with Gasteiger partial charge in [0.2, 0.25) is 12.7 Å². The number of likely N-dealkylation sites (tertiary alicyclic amines) is 1. The van der Waals surface area contributed by atoms with Crippen LogP contribution in [0, 0.1) is 11.3 Å². The third-order valence-corrected chi connectivity index (χ3v) is 7.79. The number of piperidine rings is 1. The summed E-state index contributed by atoms with van der Waals surface area (Å²) in [6.45, 7) is 1.05. The zero-order valence-electron chi connectivity index (χ0n) is 22.9. The first-order valence-corrected chi connectivity index (χ1v) is 13.5. The Hall–Kier alpha value is -3.48. The van der Waals surface area contributed by atoms with E-state index in [2.05, 4.69) is 15.0 Å². The molecule has 230 valence electrons. The number of halogens is 6. The number of para-hydroxylation sites is 1. The second kappa shape index (κ2) is 12.8. The van der Waals surface area contributed by atoms with Crippen molar-refractivity contribution in [3.8, 4) is 11.5 Å². The molecule has 1 aliphatic carbocycles. The average Bonchev–Trinajstić information content (AvgIpc) is 3.76. The predicted octanol–water partition coefficient (Wildman–Crippen LogP) is 5.94. The number of hydrogen-bond acceptors (Lipinski definition) is 6. The smallest absolute Gasteiger partial charge is 0.416 e. The standard InChI is InChI=1S/C29H32F6N2O5/c1-40-24-4-2-3-21(25(24)42-18-41-17-38)16-37-9-7-27(8-10-37,14-19-5-6-19)26(39)36-15-20-11-22(28(30,31)32)13-23(12-20)29(33,34)35/h2-4,11-13,17,19H,5-10,14-16,18H2,1H3,(H,36,39). The van der Waals surface area contributed by atoms with Gasteiger partial charge in [0.15, 0.2) is 11.5 Å². The van der Waals surface area contributed by atoms with Crippen LogP contribution in [-0.2, 0) is 39.8 Å². The van der Waals surface area contributed by atoms with E-state index in [-0.39, 0.29) is 30.8 Å². The van der Waals surface area contributed by atoms with E-state index in [1.54, 1.807) is 12.1 Å². The number of methoxy groups -OCH3 is 1. The van der Waals surface area contributed by atoms with Crippen molar-refractivity contribution < 1.29 is 50.1 Å². The molecule has 0 atom stereocenters. The number of alkyl halides is 6. The molecule has 0 spiro atoms. The molecule has 1 amide bonds. The number of hydrogen-bond donors (Lipinski definition) is 1. The summed E-state index contributed by atoms with van der Waals surface area (Å²) in [6.07, 6.45) is -6.41. The molecule has 2 fully saturated rings. The first-order valence-electron chi connectivity index (χ1n) is 13.5. The molecule has 1 heterocycles. The van der Waals surface area contributed by atoms with Crippen molar-refractivity contribution >= 4 is 12.4 Å². The van der Waals surface area contributed by atoms with Gasteiger partial charge in [0.25, 0.3) is 6.47 Å². The summed E-state index contributed by atoms with van der Waals surface area (Å²) in [5, 5.41) is 2.65. The Balaban J connectivity index is 1.45. The van der Waals surface area contributed by atoms with Gasteiger partial charge in [0.1, 0.15) is 0 Å². The molecule has 13 heteroatoms. The summed E-state index contributed by atoms with van der Waals surface area (Å²) in [4.78, 5) is 26.2. The number of rotatable bonds is 12. The van der Waals surface area contributed by atoms with Crippen molar-refractivity contribution in [1.29, 1.82) is 0 Å². The van der Waals surface area contributed by atoms with Crippen molar-refractivity contribution in [3.05, 3.63) is 58.7 Å². The van der Waals surface area contributed by atoms with Gasteiger partial charge in [-0.1, -0.05) is 25.0 Å². The minimum absolute atomic E-state index is 0.0731. The number of ether oxygens (including phenoxy) is 3. The Bertz CT molecular complexity index is 1220. The third kappa shape index (κ3) is 7.87. The molecular weight excluding hydrogens is 570 g/mol. The molecule has 1 N–H and O–H groups in total. The van der Waals surface area contributed by atoms with E-state index in [9.17, 15) is 35.9 Å². The van der Waals surface area contributed by atoms with Crippen LogP contribution in [0.3, 0.4) is 0 Å². The van der Waals surface area contributed by atoms with Crippen LogP contribution in [0.2, 0.25) is 0 Å². The molecule has 0 bridgehead atoms. The van der Waals surface area contributed by atoms with E-state index >= 15 is 0 Å². The van der Waals surface area contributed by atoms with Crippen molar-refractivity contribution in [3.63, 3.8) is 0 Å². The lowest BCUT2D eigenvalue weighted by Gasteiger charge is -2.41. The number of benzene rings is 2. The van der Waals surface area contributed by atoms with Crippen LogP contribution < -0.4 is 14.8 Å². The van der Waals surface area contributed by atoms with E-state index < -0.39 is 35.4 Å². The van der Waals surface area contributed by atoms with Crippen LogP contribution in [0.15, 0.2) is 36.4 Å². The molecule has 1 aliphatic heterocycles. The second-order valence-corrected chi connectivity index (χ2v) is 10.8. The predicted molar refractivity (Wildman–Crippen MR) is 138 cm³/mol. The number of carbonyl (C=O) groups excluding carboxylic acids is 2. The molecule has 2 aromatic rings. The van der Waals surface area contributed by atoms with Gasteiger partial charge in [-0.25, -0.2) is 0 Å². The highest BCUT2D eigenvalue weighted by molar-refractivity contribution is 5.82. The summed E-state index contributed by atoms with van der Waals surface area (Å²) < 4.78 is 95.3. The zero-order chi connectivity index (χ0) is 30.5. The highest BCUT2D eigenvalue weighted by Crippen LogP contribution is 2.46. The second-order valence-electron chi connectivity index (χ2n) is 10.8. The number of carbonyl (C=O) groups is 2. The Kier molecular flexibility index (Phi) is 9.59. The van der Waals surface area contributed by atoms with Crippen molar-refractivity contribution in [2.75, 3.05) is 27.0 Å². The summed E-state index contributed by atoms with van der Waals surface area (Å²) in [5.74, 6) is 0.888. The zero-order valence-corrected chi connectivity index (χ0v) is 22.9. The molecule has 0 unspecified atom stereocenters. The maximum absolute atomic E-state index is 13.5. The topological polar surface area (TPSA) is 77.1 Å². The van der Waals surface area contributed by atoms with Crippen LogP contribution in [0.1, 0.15) is 54.4 Å². The van der Waals surface area contributed by atoms with E-state index in [1.807, 2.05) is 6.07 Å². The van der Waals surface area contributed by atoms with Gasteiger partial charge < -0.3 is 19.5 Å². The Morgan fingerprint density at radius 2 is 1.69 bits per heavy atom. The van der Waals surface area contributed by atoms with Gasteiger partial charge in [-0.05, 0) is 68.1 Å². The van der Waals surface area contributed by atoms with E-state index in [1.165, 1.54) is 7.11 Å². The first kappa shape index (κ1) is 31.5. The summed E-state index contributed by atoms with van der Waals surface area (Å²) in [5.41, 5.74) is -3.10. The lowest BCUT2D eigenvalue weighted by molar-refractivity contribution is -0.143. The summed E-state index contributed by atoms with van der Waals surface area (Å²) in [7, 11) is 1.49. The molecule has 2 aliphatic rings. The fourth-order valence-corrected chi connectivity index (χ4v) is 5.40. The van der Waals surface area contributed by atoms with Gasteiger partial charge >= 0.3 is 12.4 Å². The molecule has 1 saturated heterocycles. The summed E-state index contributed by atoms with van der Waals surface area (Å²) in [6, 6.07) is 6.71. The van der Waals surface area contributed by atoms with Crippen molar-refractivity contribution in [2.45, 2.75) is 57.5 Å². The molecule has 0 aromatic heterocycles. The Morgan fingerprint density at radius 1 is 1.05 bits per heavy atom. The van der Waals surface area contributed by atoms with Gasteiger partial charge in [0, 0.05) is 18.7 Å². The van der Waals surface area contributed by atoms with Gasteiger partial charge in [-0.3, -0.25) is 14.5 Å². The SMILES string of the molecule is COc1cccc(CN2CCC(CC3CC3)(C(=O)NCc3cc(C(F)(F)F)cc(C(F)(F)F)c3)CC2)c1OCOC=O. The molecular formula is C29H32F6N2O5. The fraction of sp³-hybridized carbons (Fsp3) is 0.517. The lowest BCUT2D eigenvalue weighted by atomic mass is 9.73. The number of nitrogens with zero attached hydrogens (tertiary/aromatic N) is 1. The fourth-order valence-electron chi connectivity index (χ4n) is 5.40. The van der Waals surface area contributed by atoms with Gasteiger partial charge in [-0.2, -0.15) is 26.3 Å². The van der Waals surface area contributed by atoms with E-state index in [0.717, 1.165) is 18.4 Å². The Labute approximate surface area is 239 Å². The Morgan fingerprint density at radius 3 is 2.24 bits per heavy atom. The monoisotopic (exact) mass is 602 g/mol. The minimum atomic E-state index is -4.96. The van der Waals surface area contributed by atoms with E-state index in [4.69, 9.17) is 9.47 Å². The highest BCUT2D eigenvalue weighted by Gasteiger charge is 2.45. The van der Waals surface area contributed by atoms with Crippen LogP contribution in [0.25, 0.3) is 0 Å². The van der Waals surface area contributed by atoms with Crippen molar-refractivity contribution in [1.82, 2.24) is 10.2 Å². The molecule has 1 saturated carbocycles. The van der Waals surface area contributed by atoms with Crippen LogP contribution >= 0.6 is 0 Å². The molecule has 4 rings (SSSR count). The number of amides is 1. The van der Waals surface area contributed by atoms with E-state index in [0.29, 0.717) is 68.4 Å². The van der Waals surface area contributed by atoms with Crippen LogP contribution in [0.4, 0.5) is 26.3 Å². The van der Waals surface area contributed by atoms with Crippen molar-refractivity contribution in [2.24, 2.45) is 11.3 Å². The van der Waals surface area contributed by atoms with Crippen LogP contribution in [-0.4, -0.2) is 44.3 Å². The lowest BCUT2D eigenvalue weighted by Crippen LogP contribution is -2.48. The molecule has 42 heavy (non-hydrogen) atoms. The maximum atomic E-state index is 13.5. The van der Waals surface area contributed by atoms with Gasteiger partial charge in [-0.15, -0.1) is 0 Å². The number of nitrogens with one attached hydrogen (secondary N) is 1. The average molecular weight is 603 g/mol. The first-order chi connectivity index (χ1) is 19.8. The normalized spacial score (nSPS) is 17.4. The highest BCUT2D eigenvalue weighted by atomic mass is 19.4. The molecule has 2 aromatic carbocycles. The quantitative estimate of drug-likeness (QED) is 0.140. The minimum Gasteiger partial charge on any atom is -0.493 e. The summed E-state index contributed by atoms with van der Waals surface area (Å²) >= 11 is 0. The van der Waals surface area contributed by atoms with Gasteiger partial charge in [0.05, 0.1) is 23.7 Å². The molecule has 7 nitrogen and oxygen atoms in total. The maximum Gasteiger partial charge on any atom is 0.416 e. The van der Waals surface area contributed by atoms with Crippen LogP contribution in [0.5, 0.6) is 11.5 Å². The largest absolute Gasteiger partial charge is 0.493 e. The molecule has 0 radical (unpaired) electrons. The third-order valence-electron chi connectivity index (χ3n) is 7.79.